The largest absolute Gasteiger partial charge is 0.454 e. The second-order valence-corrected chi connectivity index (χ2v) is 8.39. The number of nitrogens with zero attached hydrogens (tertiary/aromatic N) is 1. The summed E-state index contributed by atoms with van der Waals surface area (Å²) in [5.74, 6) is 0.477. The van der Waals surface area contributed by atoms with Gasteiger partial charge in [0, 0.05) is 17.8 Å². The quantitative estimate of drug-likeness (QED) is 0.329. The number of para-hydroxylation sites is 3. The molecule has 0 N–H and O–H groups in total. The van der Waals surface area contributed by atoms with E-state index in [2.05, 4.69) is 12.1 Å². The summed E-state index contributed by atoms with van der Waals surface area (Å²) in [4.78, 5) is 1.58. The fraction of sp³-hybridized carbons (Fsp3) is 0.308. The van der Waals surface area contributed by atoms with Crippen LogP contribution in [0.15, 0.2) is 65.1 Å². The molecule has 0 unspecified atom stereocenters. The van der Waals surface area contributed by atoms with E-state index >= 15 is 0 Å². The van der Waals surface area contributed by atoms with Crippen LogP contribution >= 0.6 is 0 Å². The van der Waals surface area contributed by atoms with Crippen molar-refractivity contribution in [2.24, 2.45) is 0 Å². The summed E-state index contributed by atoms with van der Waals surface area (Å²) in [5, 5.41) is 1.96. The Labute approximate surface area is 179 Å². The zero-order valence-corrected chi connectivity index (χ0v) is 17.4. The van der Waals surface area contributed by atoms with E-state index in [1.54, 1.807) is 18.0 Å². The minimum Gasteiger partial charge on any atom is -0.454 e. The molecule has 1 saturated carbocycles. The van der Waals surface area contributed by atoms with Gasteiger partial charge in [-0.05, 0) is 42.5 Å². The van der Waals surface area contributed by atoms with Crippen molar-refractivity contribution in [2.75, 3.05) is 11.9 Å². The number of anilines is 2. The Morgan fingerprint density at radius 2 is 1.42 bits per heavy atom. The molecule has 2 nitrogen and oxygen atoms in total. The lowest BCUT2D eigenvalue weighted by Gasteiger charge is -2.23. The van der Waals surface area contributed by atoms with E-state index in [4.69, 9.17) is 4.42 Å². The highest BCUT2D eigenvalue weighted by molar-refractivity contribution is 6.10. The molecule has 0 saturated heterocycles. The van der Waals surface area contributed by atoms with Crippen LogP contribution in [0.1, 0.15) is 49.1 Å². The first-order chi connectivity index (χ1) is 14.9. The van der Waals surface area contributed by atoms with E-state index in [0.717, 1.165) is 35.3 Å². The molecule has 0 aliphatic heterocycles. The molecule has 1 aromatic heterocycles. The highest BCUT2D eigenvalue weighted by Gasteiger charge is 2.34. The molecular weight excluding hydrogens is 399 g/mol. The van der Waals surface area contributed by atoms with Crippen molar-refractivity contribution in [1.82, 2.24) is 0 Å². The fourth-order valence-electron chi connectivity index (χ4n) is 4.96. The van der Waals surface area contributed by atoms with Gasteiger partial charge in [-0.25, -0.2) is 0 Å². The van der Waals surface area contributed by atoms with Crippen molar-refractivity contribution in [3.05, 3.63) is 71.8 Å². The second-order valence-electron chi connectivity index (χ2n) is 8.39. The van der Waals surface area contributed by atoms with Gasteiger partial charge in [-0.1, -0.05) is 61.7 Å². The van der Waals surface area contributed by atoms with E-state index in [1.165, 1.54) is 37.0 Å². The molecule has 0 amide bonds. The highest BCUT2D eigenvalue weighted by Crippen LogP contribution is 2.44. The third-order valence-corrected chi connectivity index (χ3v) is 6.51. The molecule has 4 aromatic rings. The molecule has 1 aliphatic rings. The van der Waals surface area contributed by atoms with Gasteiger partial charge in [0.2, 0.25) is 0 Å². The van der Waals surface area contributed by atoms with Gasteiger partial charge in [0.1, 0.15) is 5.58 Å². The molecule has 1 heterocycles. The lowest BCUT2D eigenvalue weighted by molar-refractivity contribution is -0.137. The van der Waals surface area contributed by atoms with Crippen LogP contribution in [-0.2, 0) is 6.18 Å². The van der Waals surface area contributed by atoms with Gasteiger partial charge in [-0.15, -0.1) is 0 Å². The van der Waals surface area contributed by atoms with Gasteiger partial charge in [-0.3, -0.25) is 0 Å². The average Bonchev–Trinajstić information content (AvgIpc) is 3.17. The first kappa shape index (κ1) is 20.0. The first-order valence-electron chi connectivity index (χ1n) is 10.8. The maximum Gasteiger partial charge on any atom is 0.418 e. The van der Waals surface area contributed by atoms with Crippen molar-refractivity contribution in [3.63, 3.8) is 0 Å². The summed E-state index contributed by atoms with van der Waals surface area (Å²) in [7, 11) is 1.66. The van der Waals surface area contributed by atoms with E-state index in [1.807, 2.05) is 24.3 Å². The second kappa shape index (κ2) is 7.63. The average molecular weight is 423 g/mol. The van der Waals surface area contributed by atoms with Crippen LogP contribution in [0.4, 0.5) is 24.5 Å². The van der Waals surface area contributed by atoms with Crippen LogP contribution in [-0.4, -0.2) is 7.05 Å². The standard InChI is InChI=1S/C26H24F3NO/c1-30(22-15-6-5-14-21(22)26(27,28)29)23-16-8-13-20-19-12-7-11-18(24(19)31-25(20)23)17-9-3-2-4-10-17/h5-8,11-17H,2-4,9-10H2,1H3. The Kier molecular flexibility index (Phi) is 4.92. The molecule has 3 aromatic carbocycles. The maximum atomic E-state index is 13.6. The van der Waals surface area contributed by atoms with Crippen molar-refractivity contribution in [3.8, 4) is 0 Å². The van der Waals surface area contributed by atoms with Crippen LogP contribution in [0.3, 0.4) is 0 Å². The number of fused-ring (bicyclic) bond motifs is 3. The Morgan fingerprint density at radius 3 is 2.16 bits per heavy atom. The molecule has 5 rings (SSSR count). The number of rotatable bonds is 3. The smallest absolute Gasteiger partial charge is 0.418 e. The molecule has 1 fully saturated rings. The van der Waals surface area contributed by atoms with E-state index < -0.39 is 11.7 Å². The fourth-order valence-corrected chi connectivity index (χ4v) is 4.96. The van der Waals surface area contributed by atoms with Crippen molar-refractivity contribution in [2.45, 2.75) is 44.2 Å². The van der Waals surface area contributed by atoms with Gasteiger partial charge < -0.3 is 9.32 Å². The van der Waals surface area contributed by atoms with Gasteiger partial charge >= 0.3 is 6.18 Å². The molecule has 0 radical (unpaired) electrons. The summed E-state index contributed by atoms with van der Waals surface area (Å²) in [6, 6.07) is 17.6. The van der Waals surface area contributed by atoms with Gasteiger partial charge in [0.05, 0.1) is 16.9 Å². The summed E-state index contributed by atoms with van der Waals surface area (Å²) in [5.41, 5.74) is 2.79. The number of halogens is 3. The van der Waals surface area contributed by atoms with Crippen molar-refractivity contribution >= 4 is 33.3 Å². The summed E-state index contributed by atoms with van der Waals surface area (Å²) >= 11 is 0. The number of benzene rings is 3. The molecule has 0 spiro atoms. The number of furan rings is 1. The number of hydrogen-bond donors (Lipinski definition) is 0. The maximum absolute atomic E-state index is 13.6. The topological polar surface area (TPSA) is 16.4 Å². The van der Waals surface area contributed by atoms with Crippen LogP contribution in [0.2, 0.25) is 0 Å². The first-order valence-corrected chi connectivity index (χ1v) is 10.8. The molecular formula is C26H24F3NO. The molecule has 31 heavy (non-hydrogen) atoms. The Hall–Kier alpha value is -2.95. The third-order valence-electron chi connectivity index (χ3n) is 6.51. The predicted molar refractivity (Wildman–Crippen MR) is 119 cm³/mol. The van der Waals surface area contributed by atoms with Gasteiger partial charge in [0.25, 0.3) is 0 Å². The van der Waals surface area contributed by atoms with E-state index in [0.29, 0.717) is 17.2 Å². The Bertz CT molecular complexity index is 1230. The Morgan fingerprint density at radius 1 is 0.774 bits per heavy atom. The monoisotopic (exact) mass is 423 g/mol. The van der Waals surface area contributed by atoms with Crippen molar-refractivity contribution in [1.29, 1.82) is 0 Å². The minimum absolute atomic E-state index is 0.107. The Balaban J connectivity index is 1.68. The van der Waals surface area contributed by atoms with Crippen LogP contribution < -0.4 is 4.90 Å². The summed E-state index contributed by atoms with van der Waals surface area (Å²) < 4.78 is 47.3. The van der Waals surface area contributed by atoms with Gasteiger partial charge in [0.15, 0.2) is 5.58 Å². The highest BCUT2D eigenvalue weighted by atomic mass is 19.4. The minimum atomic E-state index is -4.43. The van der Waals surface area contributed by atoms with Crippen LogP contribution in [0.25, 0.3) is 21.9 Å². The van der Waals surface area contributed by atoms with E-state index in [9.17, 15) is 13.2 Å². The summed E-state index contributed by atoms with van der Waals surface area (Å²) in [6.45, 7) is 0. The molecule has 160 valence electrons. The number of alkyl halides is 3. The zero-order valence-electron chi connectivity index (χ0n) is 17.4. The SMILES string of the molecule is CN(c1ccccc1C(F)(F)F)c1cccc2c1oc1c(C3CCCCC3)cccc12. The summed E-state index contributed by atoms with van der Waals surface area (Å²) in [6.07, 6.45) is 1.61. The lowest BCUT2D eigenvalue weighted by atomic mass is 9.83. The lowest BCUT2D eigenvalue weighted by Crippen LogP contribution is -2.16. The van der Waals surface area contributed by atoms with Gasteiger partial charge in [-0.2, -0.15) is 13.2 Å². The third kappa shape index (κ3) is 3.46. The molecule has 1 aliphatic carbocycles. The normalized spacial score (nSPS) is 15.6. The zero-order chi connectivity index (χ0) is 21.6. The predicted octanol–water partition coefficient (Wildman–Crippen LogP) is 8.42. The van der Waals surface area contributed by atoms with Crippen LogP contribution in [0.5, 0.6) is 0 Å². The molecule has 5 heteroatoms. The number of hydrogen-bond acceptors (Lipinski definition) is 2. The molecule has 0 atom stereocenters. The van der Waals surface area contributed by atoms with Crippen LogP contribution in [0, 0.1) is 0 Å². The van der Waals surface area contributed by atoms with Crippen molar-refractivity contribution < 1.29 is 17.6 Å². The molecule has 0 bridgehead atoms. The van der Waals surface area contributed by atoms with E-state index in [-0.39, 0.29) is 5.69 Å².